The van der Waals surface area contributed by atoms with Gasteiger partial charge in [-0.15, -0.1) is 6.42 Å². The van der Waals surface area contributed by atoms with E-state index in [4.69, 9.17) is 15.9 Å². The van der Waals surface area contributed by atoms with Crippen LogP contribution in [0.2, 0.25) is 0 Å². The van der Waals surface area contributed by atoms with Crippen molar-refractivity contribution in [3.8, 4) is 12.3 Å². The van der Waals surface area contributed by atoms with Crippen LogP contribution >= 0.6 is 0 Å². The average Bonchev–Trinajstić information content (AvgIpc) is 3.41. The first kappa shape index (κ1) is 37.1. The largest absolute Gasteiger partial charge is 0.456 e. The van der Waals surface area contributed by atoms with Crippen molar-refractivity contribution in [1.29, 1.82) is 0 Å². The highest BCUT2D eigenvalue weighted by molar-refractivity contribution is 5.96. The molecule has 246 valence electrons. The number of nitrogens with one attached hydrogen (secondary N) is 1. The van der Waals surface area contributed by atoms with Gasteiger partial charge in [-0.05, 0) is 12.8 Å². The molecular formula is C33H52FN5O5. The second-order valence-corrected chi connectivity index (χ2v) is 11.4. The van der Waals surface area contributed by atoms with Crippen molar-refractivity contribution in [3.63, 3.8) is 0 Å². The van der Waals surface area contributed by atoms with Crippen LogP contribution < -0.4 is 5.32 Å². The van der Waals surface area contributed by atoms with E-state index < -0.39 is 30.4 Å². The Balaban J connectivity index is 1.95. The third kappa shape index (κ3) is 12.1. The van der Waals surface area contributed by atoms with Crippen molar-refractivity contribution in [3.05, 3.63) is 12.4 Å². The first-order valence-electron chi connectivity index (χ1n) is 16.4. The molecule has 0 saturated heterocycles. The molecule has 1 amide bonds. The smallest absolute Gasteiger partial charge is 0.312 e. The van der Waals surface area contributed by atoms with Gasteiger partial charge in [0.25, 0.3) is 0 Å². The number of fused-ring (bicyclic) bond motifs is 1. The van der Waals surface area contributed by atoms with Crippen molar-refractivity contribution in [2.45, 2.75) is 141 Å². The Bertz CT molecular complexity index is 1180. The molecule has 0 aliphatic rings. The number of halogens is 1. The van der Waals surface area contributed by atoms with E-state index in [9.17, 15) is 19.1 Å². The van der Waals surface area contributed by atoms with Crippen molar-refractivity contribution >= 4 is 28.9 Å². The van der Waals surface area contributed by atoms with Gasteiger partial charge in [-0.2, -0.15) is 14.4 Å². The fourth-order valence-corrected chi connectivity index (χ4v) is 5.13. The van der Waals surface area contributed by atoms with Crippen LogP contribution in [0.1, 0.15) is 123 Å². The molecule has 0 aliphatic carbocycles. The Kier molecular flexibility index (Phi) is 17.5. The Morgan fingerprint density at radius 1 is 0.977 bits per heavy atom. The molecule has 10 nitrogen and oxygen atoms in total. The molecule has 1 unspecified atom stereocenters. The second kappa shape index (κ2) is 20.8. The summed E-state index contributed by atoms with van der Waals surface area (Å²) in [6.07, 6.45) is 22.4. The van der Waals surface area contributed by atoms with Crippen LogP contribution in [0, 0.1) is 18.4 Å². The maximum Gasteiger partial charge on any atom is 0.312 e. The van der Waals surface area contributed by atoms with Crippen LogP contribution in [-0.2, 0) is 25.6 Å². The first-order chi connectivity index (χ1) is 21.3. The van der Waals surface area contributed by atoms with Gasteiger partial charge in [0, 0.05) is 20.0 Å². The maximum atomic E-state index is 14.4. The number of aliphatic hydroxyl groups excluding tert-OH is 1. The quantitative estimate of drug-likeness (QED) is 0.0591. The van der Waals surface area contributed by atoms with E-state index >= 15 is 0 Å². The SMILES string of the molecule is C#CC(CO)(OC)[C@H](Cn1cnc2c(NC(=O)CCCC)nc(F)nc21)OC(=O)CCCCCCCCCCCCCCC. The summed E-state index contributed by atoms with van der Waals surface area (Å²) in [6.45, 7) is 3.45. The number of amides is 1. The number of imidazole rings is 1. The number of methoxy groups -OCH3 is 1. The van der Waals surface area contributed by atoms with Crippen LogP contribution in [0.15, 0.2) is 6.33 Å². The fourth-order valence-electron chi connectivity index (χ4n) is 5.13. The number of hydrogen-bond acceptors (Lipinski definition) is 8. The van der Waals surface area contributed by atoms with Crippen molar-refractivity contribution < 1.29 is 28.6 Å². The summed E-state index contributed by atoms with van der Waals surface area (Å²) in [6, 6.07) is 0. The predicted molar refractivity (Wildman–Crippen MR) is 169 cm³/mol. The lowest BCUT2D eigenvalue weighted by atomic mass is 9.97. The van der Waals surface area contributed by atoms with E-state index in [0.29, 0.717) is 12.8 Å². The van der Waals surface area contributed by atoms with E-state index in [1.165, 1.54) is 75.8 Å². The zero-order valence-electron chi connectivity index (χ0n) is 26.9. The molecule has 0 aromatic carbocycles. The zero-order valence-corrected chi connectivity index (χ0v) is 26.9. The number of hydrogen-bond donors (Lipinski definition) is 2. The third-order valence-electron chi connectivity index (χ3n) is 7.94. The Labute approximate surface area is 261 Å². The number of nitrogens with zero attached hydrogens (tertiary/aromatic N) is 4. The summed E-state index contributed by atoms with van der Waals surface area (Å²) >= 11 is 0. The number of aliphatic hydroxyl groups is 1. The lowest BCUT2D eigenvalue weighted by Crippen LogP contribution is -2.50. The van der Waals surface area contributed by atoms with Crippen molar-refractivity contribution in [2.75, 3.05) is 19.0 Å². The van der Waals surface area contributed by atoms with Crippen LogP contribution in [0.25, 0.3) is 11.2 Å². The molecule has 0 saturated carbocycles. The summed E-state index contributed by atoms with van der Waals surface area (Å²) in [5.41, 5.74) is -1.41. The van der Waals surface area contributed by atoms with Gasteiger partial charge in [0.05, 0.1) is 19.5 Å². The molecule has 2 aromatic rings. The molecule has 2 atom stereocenters. The van der Waals surface area contributed by atoms with Gasteiger partial charge in [0.1, 0.15) is 0 Å². The molecule has 0 radical (unpaired) electrons. The molecule has 0 fully saturated rings. The minimum absolute atomic E-state index is 0.0552. The number of aromatic nitrogens is 4. The molecule has 2 N–H and O–H groups in total. The number of unbranched alkanes of at least 4 members (excludes halogenated alkanes) is 13. The number of ether oxygens (including phenoxy) is 2. The van der Waals surface area contributed by atoms with Crippen LogP contribution in [-0.4, -0.2) is 61.9 Å². The minimum Gasteiger partial charge on any atom is -0.456 e. The van der Waals surface area contributed by atoms with E-state index in [1.54, 1.807) is 0 Å². The monoisotopic (exact) mass is 617 g/mol. The van der Waals surface area contributed by atoms with E-state index in [-0.39, 0.29) is 42.3 Å². The summed E-state index contributed by atoms with van der Waals surface area (Å²) in [4.78, 5) is 37.0. The number of anilines is 1. The van der Waals surface area contributed by atoms with Crippen molar-refractivity contribution in [2.24, 2.45) is 0 Å². The number of terminal acetylenes is 1. The zero-order chi connectivity index (χ0) is 32.2. The number of carbonyl (C=O) groups is 2. The van der Waals surface area contributed by atoms with Gasteiger partial charge in [-0.25, -0.2) is 4.98 Å². The van der Waals surface area contributed by atoms with Crippen LogP contribution in [0.4, 0.5) is 10.2 Å². The normalized spacial score (nSPS) is 13.4. The molecule has 2 aromatic heterocycles. The topological polar surface area (TPSA) is 128 Å². The maximum absolute atomic E-state index is 14.4. The predicted octanol–water partition coefficient (Wildman–Crippen LogP) is 6.50. The van der Waals surface area contributed by atoms with Crippen molar-refractivity contribution in [1.82, 2.24) is 19.5 Å². The molecule has 11 heteroatoms. The second-order valence-electron chi connectivity index (χ2n) is 11.4. The van der Waals surface area contributed by atoms with Crippen LogP contribution in [0.3, 0.4) is 0 Å². The third-order valence-corrected chi connectivity index (χ3v) is 7.94. The summed E-state index contributed by atoms with van der Waals surface area (Å²) in [5.74, 6) is 1.58. The van der Waals surface area contributed by atoms with Gasteiger partial charge in [-0.3, -0.25) is 9.59 Å². The van der Waals surface area contributed by atoms with Gasteiger partial charge in [0.2, 0.25) is 5.91 Å². The highest BCUT2D eigenvalue weighted by Gasteiger charge is 2.41. The van der Waals surface area contributed by atoms with Gasteiger partial charge in [0.15, 0.2) is 28.7 Å². The molecule has 44 heavy (non-hydrogen) atoms. The molecule has 0 spiro atoms. The molecule has 2 rings (SSSR count). The Morgan fingerprint density at radius 2 is 1.57 bits per heavy atom. The average molecular weight is 618 g/mol. The van der Waals surface area contributed by atoms with E-state index in [0.717, 1.165) is 25.7 Å². The lowest BCUT2D eigenvalue weighted by molar-refractivity contribution is -0.168. The van der Waals surface area contributed by atoms with E-state index in [1.807, 2.05) is 6.92 Å². The van der Waals surface area contributed by atoms with Gasteiger partial charge in [-0.1, -0.05) is 103 Å². The molecular weight excluding hydrogens is 565 g/mol. The summed E-state index contributed by atoms with van der Waals surface area (Å²) in [7, 11) is 1.32. The van der Waals surface area contributed by atoms with Crippen LogP contribution in [0.5, 0.6) is 0 Å². The first-order valence-corrected chi connectivity index (χ1v) is 16.4. The lowest BCUT2D eigenvalue weighted by Gasteiger charge is -2.33. The minimum atomic E-state index is -1.65. The number of esters is 1. The highest BCUT2D eigenvalue weighted by Crippen LogP contribution is 2.25. The molecule has 2 heterocycles. The Hall–Kier alpha value is -3.10. The summed E-state index contributed by atoms with van der Waals surface area (Å²) < 4.78 is 27.1. The van der Waals surface area contributed by atoms with Gasteiger partial charge >= 0.3 is 12.0 Å². The van der Waals surface area contributed by atoms with E-state index in [2.05, 4.69) is 33.1 Å². The molecule has 0 aliphatic heterocycles. The number of carbonyl (C=O) groups excluding carboxylic acids is 2. The highest BCUT2D eigenvalue weighted by atomic mass is 19.1. The van der Waals surface area contributed by atoms with Gasteiger partial charge < -0.3 is 24.5 Å². The Morgan fingerprint density at radius 3 is 2.11 bits per heavy atom. The molecule has 0 bridgehead atoms. The number of rotatable bonds is 24. The summed E-state index contributed by atoms with van der Waals surface area (Å²) in [5, 5.41) is 12.7. The fraction of sp³-hybridized carbons (Fsp3) is 0.727. The standard InChI is InChI=1S/C33H52FN5O5/c1-5-8-10-11-12-13-14-15-16-17-18-19-20-22-28(42)44-26(33(7-3,24-40)43-4)23-39-25-35-29-30(36-27(41)21-9-6-2)37-32(34)38-31(29)39/h3,25-26,40H,5-6,8-24H2,1-2,4H3,(H,36,37,38,41)/t26-,33?/m0/s1.